The van der Waals surface area contributed by atoms with E-state index in [2.05, 4.69) is 60.6 Å². The number of likely N-dealkylation sites (N-methyl/N-ethyl adjacent to an activating group) is 1. The number of rotatable bonds is 2. The van der Waals surface area contributed by atoms with Crippen molar-refractivity contribution in [3.8, 4) is 0 Å². The first-order valence-electron chi connectivity index (χ1n) is 5.91. The molecule has 1 saturated heterocycles. The van der Waals surface area contributed by atoms with Crippen LogP contribution in [0.3, 0.4) is 0 Å². The number of nitrogens with one attached hydrogen (secondary N) is 1. The molecule has 0 bridgehead atoms. The van der Waals surface area contributed by atoms with Gasteiger partial charge in [0.1, 0.15) is 0 Å². The second-order valence-corrected chi connectivity index (χ2v) is 4.50. The van der Waals surface area contributed by atoms with Crippen molar-refractivity contribution in [2.75, 3.05) is 26.7 Å². The van der Waals surface area contributed by atoms with Crippen LogP contribution in [0.4, 0.5) is 0 Å². The molecule has 1 aliphatic rings. The molecule has 1 aliphatic heterocycles. The number of piperazine rings is 1. The molecule has 0 amide bonds. The van der Waals surface area contributed by atoms with Gasteiger partial charge >= 0.3 is 0 Å². The van der Waals surface area contributed by atoms with Gasteiger partial charge < -0.3 is 5.32 Å². The molecule has 0 saturated carbocycles. The van der Waals surface area contributed by atoms with Gasteiger partial charge in [-0.05, 0) is 19.5 Å². The van der Waals surface area contributed by atoms with E-state index < -0.39 is 0 Å². The summed E-state index contributed by atoms with van der Waals surface area (Å²) in [6.07, 6.45) is 2.29. The van der Waals surface area contributed by atoms with Crippen LogP contribution in [0.25, 0.3) is 6.08 Å². The van der Waals surface area contributed by atoms with E-state index in [0.717, 1.165) is 19.6 Å². The second kappa shape index (κ2) is 5.28. The summed E-state index contributed by atoms with van der Waals surface area (Å²) < 4.78 is 0. The minimum absolute atomic E-state index is 0.536. The fourth-order valence-electron chi connectivity index (χ4n) is 2.22. The molecule has 0 aromatic heterocycles. The van der Waals surface area contributed by atoms with Crippen molar-refractivity contribution in [2.45, 2.75) is 13.0 Å². The highest BCUT2D eigenvalue weighted by Gasteiger charge is 2.19. The summed E-state index contributed by atoms with van der Waals surface area (Å²) in [6, 6.07) is 11.1. The lowest BCUT2D eigenvalue weighted by Gasteiger charge is -2.33. The Bertz CT molecular complexity index is 356. The van der Waals surface area contributed by atoms with E-state index in [1.807, 2.05) is 0 Å². The van der Waals surface area contributed by atoms with E-state index >= 15 is 0 Å². The van der Waals surface area contributed by atoms with E-state index in [9.17, 15) is 0 Å². The molecule has 16 heavy (non-hydrogen) atoms. The third-order valence-electron chi connectivity index (χ3n) is 3.23. The van der Waals surface area contributed by atoms with Gasteiger partial charge in [0.05, 0.1) is 0 Å². The molecule has 0 radical (unpaired) electrons. The first-order chi connectivity index (χ1) is 7.77. The van der Waals surface area contributed by atoms with Gasteiger partial charge in [-0.3, -0.25) is 4.90 Å². The lowest BCUT2D eigenvalue weighted by molar-refractivity contribution is 0.228. The lowest BCUT2D eigenvalue weighted by atomic mass is 10.0. The predicted molar refractivity (Wildman–Crippen MR) is 69.4 cm³/mol. The van der Waals surface area contributed by atoms with Crippen molar-refractivity contribution in [1.82, 2.24) is 10.2 Å². The van der Waals surface area contributed by atoms with Gasteiger partial charge in [0.15, 0.2) is 0 Å². The lowest BCUT2D eigenvalue weighted by Crippen LogP contribution is -2.49. The molecule has 86 valence electrons. The molecule has 1 heterocycles. The van der Waals surface area contributed by atoms with Gasteiger partial charge in [0.25, 0.3) is 0 Å². The van der Waals surface area contributed by atoms with Gasteiger partial charge in [-0.25, -0.2) is 0 Å². The Morgan fingerprint density at radius 1 is 1.38 bits per heavy atom. The van der Waals surface area contributed by atoms with Crippen LogP contribution in [0.5, 0.6) is 0 Å². The summed E-state index contributed by atoms with van der Waals surface area (Å²) in [4.78, 5) is 2.42. The third-order valence-corrected chi connectivity index (χ3v) is 3.23. The van der Waals surface area contributed by atoms with E-state index in [-0.39, 0.29) is 0 Å². The summed E-state index contributed by atoms with van der Waals surface area (Å²) >= 11 is 0. The molecule has 1 aromatic carbocycles. The highest BCUT2D eigenvalue weighted by atomic mass is 15.2. The number of benzene rings is 1. The van der Waals surface area contributed by atoms with Gasteiger partial charge in [-0.1, -0.05) is 42.0 Å². The maximum absolute atomic E-state index is 3.45. The Morgan fingerprint density at radius 3 is 2.81 bits per heavy atom. The van der Waals surface area contributed by atoms with Crippen LogP contribution in [0.1, 0.15) is 12.5 Å². The number of nitrogens with zero attached hydrogens (tertiary/aromatic N) is 1. The minimum atomic E-state index is 0.536. The van der Waals surface area contributed by atoms with Crippen LogP contribution in [-0.2, 0) is 0 Å². The molecule has 2 nitrogen and oxygen atoms in total. The summed E-state index contributed by atoms with van der Waals surface area (Å²) in [5.41, 5.74) is 2.72. The molecule has 1 N–H and O–H groups in total. The smallest absolute Gasteiger partial charge is 0.0430 e. The molecule has 0 aliphatic carbocycles. The zero-order valence-electron chi connectivity index (χ0n) is 10.1. The van der Waals surface area contributed by atoms with Crippen molar-refractivity contribution in [1.29, 1.82) is 0 Å². The molecule has 1 fully saturated rings. The maximum atomic E-state index is 3.45. The summed E-state index contributed by atoms with van der Waals surface area (Å²) in [5.74, 6) is 0. The first kappa shape index (κ1) is 11.4. The highest BCUT2D eigenvalue weighted by Crippen LogP contribution is 2.14. The SMILES string of the molecule is C/C(=C\c1ccccc1)C1CNCCN1C. The van der Waals surface area contributed by atoms with E-state index in [0.29, 0.717) is 6.04 Å². The Labute approximate surface area is 98.0 Å². The molecule has 2 rings (SSSR count). The molecule has 1 unspecified atom stereocenters. The fourth-order valence-corrected chi connectivity index (χ4v) is 2.22. The first-order valence-corrected chi connectivity index (χ1v) is 5.91. The normalized spacial score (nSPS) is 23.4. The quantitative estimate of drug-likeness (QED) is 0.813. The maximum Gasteiger partial charge on any atom is 0.0430 e. The average molecular weight is 216 g/mol. The Balaban J connectivity index is 2.11. The van der Waals surface area contributed by atoms with Crippen LogP contribution in [0, 0.1) is 0 Å². The highest BCUT2D eigenvalue weighted by molar-refractivity contribution is 5.53. The monoisotopic (exact) mass is 216 g/mol. The molecule has 1 atom stereocenters. The Morgan fingerprint density at radius 2 is 2.12 bits per heavy atom. The molecule has 2 heteroatoms. The van der Waals surface area contributed by atoms with Crippen molar-refractivity contribution in [3.05, 3.63) is 41.5 Å². The van der Waals surface area contributed by atoms with Gasteiger partial charge in [0.2, 0.25) is 0 Å². The van der Waals surface area contributed by atoms with Crippen LogP contribution in [0.15, 0.2) is 35.9 Å². The van der Waals surface area contributed by atoms with E-state index in [1.54, 1.807) is 0 Å². The van der Waals surface area contributed by atoms with Crippen LogP contribution >= 0.6 is 0 Å². The van der Waals surface area contributed by atoms with E-state index in [1.165, 1.54) is 11.1 Å². The Kier molecular flexibility index (Phi) is 3.75. The number of hydrogen-bond acceptors (Lipinski definition) is 2. The van der Waals surface area contributed by atoms with Gasteiger partial charge in [-0.2, -0.15) is 0 Å². The molecule has 1 aromatic rings. The second-order valence-electron chi connectivity index (χ2n) is 4.50. The summed E-state index contributed by atoms with van der Waals surface area (Å²) in [7, 11) is 2.20. The predicted octanol–water partition coefficient (Wildman–Crippen LogP) is 1.99. The average Bonchev–Trinajstić information content (AvgIpc) is 2.31. The largest absolute Gasteiger partial charge is 0.314 e. The summed E-state index contributed by atoms with van der Waals surface area (Å²) in [5, 5.41) is 3.45. The van der Waals surface area contributed by atoms with Crippen molar-refractivity contribution in [2.24, 2.45) is 0 Å². The minimum Gasteiger partial charge on any atom is -0.314 e. The van der Waals surface area contributed by atoms with Gasteiger partial charge in [-0.15, -0.1) is 0 Å². The van der Waals surface area contributed by atoms with Crippen molar-refractivity contribution < 1.29 is 0 Å². The molecular formula is C14H20N2. The van der Waals surface area contributed by atoms with Crippen molar-refractivity contribution in [3.63, 3.8) is 0 Å². The van der Waals surface area contributed by atoms with E-state index in [4.69, 9.17) is 0 Å². The fraction of sp³-hybridized carbons (Fsp3) is 0.429. The zero-order valence-corrected chi connectivity index (χ0v) is 10.1. The standard InChI is InChI=1S/C14H20N2/c1-12(10-13-6-4-3-5-7-13)14-11-15-8-9-16(14)2/h3-7,10,14-15H,8-9,11H2,1-2H3/b12-10+. The zero-order chi connectivity index (χ0) is 11.4. The summed E-state index contributed by atoms with van der Waals surface area (Å²) in [6.45, 7) is 5.52. The molecular weight excluding hydrogens is 196 g/mol. The van der Waals surface area contributed by atoms with Crippen LogP contribution < -0.4 is 5.32 Å². The third kappa shape index (κ3) is 2.71. The van der Waals surface area contributed by atoms with Crippen LogP contribution in [-0.4, -0.2) is 37.6 Å². The topological polar surface area (TPSA) is 15.3 Å². The van der Waals surface area contributed by atoms with Crippen LogP contribution in [0.2, 0.25) is 0 Å². The Hall–Kier alpha value is -1.12. The molecule has 0 spiro atoms. The van der Waals surface area contributed by atoms with Crippen molar-refractivity contribution >= 4 is 6.08 Å². The van der Waals surface area contributed by atoms with Gasteiger partial charge in [0, 0.05) is 25.7 Å². The number of hydrogen-bond donors (Lipinski definition) is 1.